The molecule has 80 heavy (non-hydrogen) atoms. The van der Waals surface area contributed by atoms with Gasteiger partial charge in [0.2, 0.25) is 23.6 Å². The van der Waals surface area contributed by atoms with Crippen molar-refractivity contribution in [3.63, 3.8) is 0 Å². The summed E-state index contributed by atoms with van der Waals surface area (Å²) in [5, 5.41) is 158. The maximum atomic E-state index is 12.7. The Hall–Kier alpha value is -3.28. The van der Waals surface area contributed by atoms with Crippen molar-refractivity contribution in [1.29, 1.82) is 0 Å². The molecule has 0 unspecified atom stereocenters. The maximum Gasteiger partial charge on any atom is 0.364 e. The van der Waals surface area contributed by atoms with Gasteiger partial charge < -0.3 is 131 Å². The monoisotopic (exact) mass is 1200 g/mol. The number of carboxylic acid groups (broad SMARTS) is 2. The second kappa shape index (κ2) is 32.1. The van der Waals surface area contributed by atoms with E-state index >= 15 is 0 Å². The lowest BCUT2D eigenvalue weighted by Crippen LogP contribution is -2.69. The molecule has 0 bridgehead atoms. The summed E-state index contributed by atoms with van der Waals surface area (Å²) < 4.78 is 46.1. The van der Waals surface area contributed by atoms with Gasteiger partial charge in [-0.05, 0) is 12.8 Å². The summed E-state index contributed by atoms with van der Waals surface area (Å²) in [6.45, 7) is 1.39. The number of ether oxygens (including phenoxy) is 8. The van der Waals surface area contributed by atoms with Gasteiger partial charge in [-0.25, -0.2) is 9.59 Å². The molecule has 4 saturated heterocycles. The average Bonchev–Trinajstić information content (AvgIpc) is 3.41. The first-order valence-corrected chi connectivity index (χ1v) is 28.2. The van der Waals surface area contributed by atoms with Crippen molar-refractivity contribution in [3.05, 3.63) is 0 Å². The minimum absolute atomic E-state index is 0.0459. The zero-order chi connectivity index (χ0) is 59.8. The van der Waals surface area contributed by atoms with Crippen LogP contribution < -0.4 is 21.3 Å². The molecular formula is C46H78N4O28S2. The van der Waals surface area contributed by atoms with Gasteiger partial charge in [0.1, 0.15) is 85.3 Å². The number of amides is 4. The number of aliphatic hydroxyl groups excluding tert-OH is 12. The molecule has 34 heteroatoms. The summed E-state index contributed by atoms with van der Waals surface area (Å²) in [6.07, 6.45) is -29.6. The fraction of sp³-hybridized carbons (Fsp3) is 0.870. The van der Waals surface area contributed by atoms with Gasteiger partial charge in [0.25, 0.3) is 11.6 Å². The topological polar surface area (TPSA) is 508 Å². The molecule has 0 aliphatic carbocycles. The number of rotatable bonds is 31. The van der Waals surface area contributed by atoms with E-state index in [1.165, 1.54) is 35.4 Å². The smallest absolute Gasteiger partial charge is 0.364 e. The van der Waals surface area contributed by atoms with Crippen molar-refractivity contribution >= 4 is 57.2 Å². The minimum atomic E-state index is -2.81. The van der Waals surface area contributed by atoms with E-state index in [1.54, 1.807) is 0 Å². The van der Waals surface area contributed by atoms with Crippen LogP contribution in [-0.4, -0.2) is 292 Å². The zero-order valence-corrected chi connectivity index (χ0v) is 45.9. The number of nitrogens with one attached hydrogen (secondary N) is 4. The van der Waals surface area contributed by atoms with E-state index in [0.717, 1.165) is 13.8 Å². The van der Waals surface area contributed by atoms with Gasteiger partial charge in [-0.1, -0.05) is 35.4 Å². The third kappa shape index (κ3) is 18.1. The highest BCUT2D eigenvalue weighted by Crippen LogP contribution is 2.37. The minimum Gasteiger partial charge on any atom is -0.477 e. The predicted octanol–water partition coefficient (Wildman–Crippen LogP) is -7.80. The van der Waals surface area contributed by atoms with E-state index in [4.69, 9.17) is 37.9 Å². The lowest BCUT2D eigenvalue weighted by Gasteiger charge is -2.47. The summed E-state index contributed by atoms with van der Waals surface area (Å²) >= 11 is 0. The van der Waals surface area contributed by atoms with Gasteiger partial charge in [0, 0.05) is 51.0 Å². The highest BCUT2D eigenvalue weighted by Gasteiger charge is 2.59. The lowest BCUT2D eigenvalue weighted by atomic mass is 9.88. The summed E-state index contributed by atoms with van der Waals surface area (Å²) in [5.41, 5.74) is 0. The Morgan fingerprint density at radius 1 is 0.562 bits per heavy atom. The van der Waals surface area contributed by atoms with Crippen LogP contribution in [0.25, 0.3) is 0 Å². The molecule has 0 spiro atoms. The molecule has 22 atom stereocenters. The standard InChI is InChI=1S/C46H78N4O28S2/c1-5-27(59)49-29-21(55)13-45(43(67)68,77-39(29)33(61)23(57)15-51)73-17-25-35(63)37(65)31(47-19(3)53)41(75-25)71-9-7-11-79-80-12-8-10-72-42-32(48-20(4)54)38(66)36(64)26(76-42)18-74-46(44(69)70)14-22(56)30(50-28(60)6-2)40(78-46)34(62)24(58)16-52/h21-26,29-42,51-52,55-58,61-66H,5-18H2,1-4H3,(H,47,53)(H,48,54)(H,49,59)(H,50,60)(H,67,68)(H,69,70)/t21-,22-,23+,24+,25+,26+,29+,30+,31+,32+,33+,34+,35-,36-,37+,38+,39+,40+,41-,42-,45+,46+/m0/s1. The molecule has 4 aliphatic rings. The van der Waals surface area contributed by atoms with Crippen LogP contribution in [0.15, 0.2) is 0 Å². The van der Waals surface area contributed by atoms with Crippen molar-refractivity contribution in [1.82, 2.24) is 21.3 Å². The van der Waals surface area contributed by atoms with Gasteiger partial charge in [-0.15, -0.1) is 0 Å². The van der Waals surface area contributed by atoms with E-state index < -0.39 is 209 Å². The molecule has 0 radical (unpaired) electrons. The van der Waals surface area contributed by atoms with Gasteiger partial charge in [0.05, 0.1) is 63.9 Å². The van der Waals surface area contributed by atoms with Crippen LogP contribution in [0, 0.1) is 0 Å². The van der Waals surface area contributed by atoms with Crippen LogP contribution in [0.4, 0.5) is 0 Å². The molecule has 4 heterocycles. The molecular weight excluding hydrogens is 1120 g/mol. The Labute approximate surface area is 466 Å². The highest BCUT2D eigenvalue weighted by atomic mass is 33.1. The largest absolute Gasteiger partial charge is 0.477 e. The highest BCUT2D eigenvalue weighted by molar-refractivity contribution is 8.76. The SMILES string of the molecule is CCC(=O)N[C@H]1[C@H]([C@H](O)[C@H](O)CO)O[C@@](OC[C@H]2O[C@H](OCCCSSCCCO[C@H]3O[C@H](CO[C@]4(C(=O)O)C[C@H](O)[C@@H](NC(=O)CC)[C@H]([C@H](O)[C@H](O)CO)O4)[C@H](O)[C@H](O)[C@H]3NC(C)=O)[C@H](NC(C)=O)[C@@H](O)[C@H]2O)(C(=O)O)C[C@@H]1O. The molecule has 0 saturated carbocycles. The van der Waals surface area contributed by atoms with E-state index in [-0.39, 0.29) is 26.1 Å². The van der Waals surface area contributed by atoms with Crippen molar-refractivity contribution in [2.45, 2.75) is 200 Å². The molecule has 4 amide bonds. The van der Waals surface area contributed by atoms with E-state index in [2.05, 4.69) is 21.3 Å². The van der Waals surface area contributed by atoms with Crippen LogP contribution in [0.2, 0.25) is 0 Å². The predicted molar refractivity (Wildman–Crippen MR) is 269 cm³/mol. The molecule has 0 aromatic carbocycles. The summed E-state index contributed by atoms with van der Waals surface area (Å²) in [7, 11) is 2.80. The lowest BCUT2D eigenvalue weighted by molar-refractivity contribution is -0.330. The molecule has 18 N–H and O–H groups in total. The molecule has 0 aromatic heterocycles. The normalized spacial score (nSPS) is 36.1. The number of hydrogen-bond donors (Lipinski definition) is 18. The molecule has 462 valence electrons. The first-order valence-electron chi connectivity index (χ1n) is 25.8. The number of aliphatic hydroxyl groups is 12. The number of hydrogen-bond acceptors (Lipinski definition) is 28. The Morgan fingerprint density at radius 3 is 1.21 bits per heavy atom. The van der Waals surface area contributed by atoms with E-state index in [9.17, 15) is 100 Å². The van der Waals surface area contributed by atoms with Gasteiger partial charge >= 0.3 is 11.9 Å². The first kappa shape index (κ1) is 69.2. The van der Waals surface area contributed by atoms with Gasteiger partial charge in [-0.3, -0.25) is 19.2 Å². The second-order valence-corrected chi connectivity index (χ2v) is 22.1. The third-order valence-electron chi connectivity index (χ3n) is 13.4. The molecule has 4 fully saturated rings. The molecule has 4 rings (SSSR count). The van der Waals surface area contributed by atoms with Crippen molar-refractivity contribution in [3.8, 4) is 0 Å². The van der Waals surface area contributed by atoms with Crippen LogP contribution >= 0.6 is 21.6 Å². The van der Waals surface area contributed by atoms with E-state index in [1.807, 2.05) is 0 Å². The molecule has 32 nitrogen and oxygen atoms in total. The Kier molecular flexibility index (Phi) is 27.8. The van der Waals surface area contributed by atoms with Crippen molar-refractivity contribution in [2.75, 3.05) is 51.1 Å². The maximum absolute atomic E-state index is 12.7. The zero-order valence-electron chi connectivity index (χ0n) is 44.2. The fourth-order valence-corrected chi connectivity index (χ4v) is 11.2. The summed E-state index contributed by atoms with van der Waals surface area (Å²) in [6, 6.07) is -5.64. The molecule has 4 aliphatic heterocycles. The number of carbonyl (C=O) groups is 6. The number of aliphatic carboxylic acids is 2. The third-order valence-corrected chi connectivity index (χ3v) is 16.0. The number of carbonyl (C=O) groups excluding carboxylic acids is 4. The van der Waals surface area contributed by atoms with Crippen LogP contribution in [0.5, 0.6) is 0 Å². The van der Waals surface area contributed by atoms with E-state index in [0.29, 0.717) is 24.3 Å². The quantitative estimate of drug-likeness (QED) is 0.0226. The van der Waals surface area contributed by atoms with Gasteiger partial charge in [0.15, 0.2) is 12.6 Å². The fourth-order valence-electron chi connectivity index (χ4n) is 9.05. The number of carboxylic acids is 2. The van der Waals surface area contributed by atoms with Crippen molar-refractivity contribution in [2.24, 2.45) is 0 Å². The molecule has 0 aromatic rings. The van der Waals surface area contributed by atoms with Crippen molar-refractivity contribution < 1.29 is 138 Å². The Balaban J connectivity index is 1.31. The summed E-state index contributed by atoms with van der Waals surface area (Å²) in [5.74, 6) is -10.9. The van der Waals surface area contributed by atoms with Gasteiger partial charge in [-0.2, -0.15) is 0 Å². The first-order chi connectivity index (χ1) is 37.7. The second-order valence-electron chi connectivity index (χ2n) is 19.4. The van der Waals surface area contributed by atoms with Crippen LogP contribution in [0.3, 0.4) is 0 Å². The average molecular weight is 1200 g/mol. The van der Waals surface area contributed by atoms with Crippen LogP contribution in [0.1, 0.15) is 66.2 Å². The Bertz CT molecular complexity index is 1870. The summed E-state index contributed by atoms with van der Waals surface area (Å²) in [4.78, 5) is 74.2. The van der Waals surface area contributed by atoms with Crippen LogP contribution in [-0.2, 0) is 66.7 Å². The Morgan fingerprint density at radius 2 is 0.912 bits per heavy atom.